The SMILES string of the molecule is c1ccc(-n2c3ccccc3c3cc(-c4ccc(N(c5ccc(-c6cccc(-c7cccc(-c8ccc(N(c9ccc(-c%10ccc%11c(c%10)c%10ccccc%10n%11-c%10ccccc%10)cc9)c9ccc(-n%10c%11ccccc%11c%11ccccc%11%10)cc9)cc8)c7)c6)cc5)c5ccc(-n6c7ccccc7c7ccccc76)cc5)cc4)ccc32)cc1. The van der Waals surface area contributed by atoms with E-state index >= 15 is 0 Å². The Morgan fingerprint density at radius 3 is 0.588 bits per heavy atom. The molecule has 0 aliphatic rings. The molecule has 0 saturated heterocycles. The minimum absolute atomic E-state index is 1.06. The van der Waals surface area contributed by atoms with Gasteiger partial charge in [-0.2, -0.15) is 0 Å². The van der Waals surface area contributed by atoms with E-state index in [1.54, 1.807) is 0 Å². The molecule has 6 heteroatoms. The Bertz CT molecular complexity index is 6860. The van der Waals surface area contributed by atoms with Gasteiger partial charge in [0.05, 0.1) is 44.1 Å². The first kappa shape index (κ1) is 65.8. The van der Waals surface area contributed by atoms with E-state index in [0.29, 0.717) is 0 Å². The third-order valence-corrected chi connectivity index (χ3v) is 23.2. The minimum atomic E-state index is 1.06. The lowest BCUT2D eigenvalue weighted by molar-refractivity contribution is 1.17. The molecule has 0 aliphatic heterocycles. The Labute approximate surface area is 660 Å². The van der Waals surface area contributed by atoms with Gasteiger partial charge in [-0.25, -0.2) is 0 Å². The Balaban J connectivity index is 0.573. The molecule has 114 heavy (non-hydrogen) atoms. The first-order valence-corrected chi connectivity index (χ1v) is 39.1. The highest BCUT2D eigenvalue weighted by Crippen LogP contribution is 2.45. The summed E-state index contributed by atoms with van der Waals surface area (Å²) >= 11 is 0. The van der Waals surface area contributed by atoms with Gasteiger partial charge in [-0.15, -0.1) is 0 Å². The predicted octanol–water partition coefficient (Wildman–Crippen LogP) is 29.3. The van der Waals surface area contributed by atoms with Crippen LogP contribution in [0.1, 0.15) is 0 Å². The average Bonchev–Trinajstić information content (AvgIpc) is 1.63. The van der Waals surface area contributed by atoms with Crippen molar-refractivity contribution < 1.29 is 0 Å². The number of anilines is 6. The summed E-state index contributed by atoms with van der Waals surface area (Å²) in [6.07, 6.45) is 0. The van der Waals surface area contributed by atoms with Crippen LogP contribution >= 0.6 is 0 Å². The van der Waals surface area contributed by atoms with Gasteiger partial charge in [0.25, 0.3) is 0 Å². The first-order valence-electron chi connectivity index (χ1n) is 39.1. The second-order valence-corrected chi connectivity index (χ2v) is 29.6. The molecule has 0 atom stereocenters. The van der Waals surface area contributed by atoms with Crippen molar-refractivity contribution in [2.75, 3.05) is 9.80 Å². The summed E-state index contributed by atoms with van der Waals surface area (Å²) in [6.45, 7) is 0. The van der Waals surface area contributed by atoms with Crippen LogP contribution in [0.4, 0.5) is 34.1 Å². The van der Waals surface area contributed by atoms with E-state index in [1.165, 1.54) is 98.4 Å². The van der Waals surface area contributed by atoms with Gasteiger partial charge in [-0.3, -0.25) is 0 Å². The Kier molecular flexibility index (Phi) is 15.8. The van der Waals surface area contributed by atoms with Crippen molar-refractivity contribution in [1.29, 1.82) is 0 Å². The van der Waals surface area contributed by atoms with Crippen molar-refractivity contribution in [1.82, 2.24) is 18.3 Å². The molecule has 0 spiro atoms. The van der Waals surface area contributed by atoms with Crippen molar-refractivity contribution in [2.45, 2.75) is 0 Å². The highest BCUT2D eigenvalue weighted by atomic mass is 15.2. The normalized spacial score (nSPS) is 11.7. The molecule has 0 amide bonds. The van der Waals surface area contributed by atoms with Gasteiger partial charge in [0.1, 0.15) is 0 Å². The molecule has 0 N–H and O–H groups in total. The molecule has 0 radical (unpaired) electrons. The molecule has 0 fully saturated rings. The number of rotatable bonds is 15. The molecule has 22 aromatic rings. The van der Waals surface area contributed by atoms with Gasteiger partial charge in [0.2, 0.25) is 0 Å². The van der Waals surface area contributed by atoms with E-state index in [4.69, 9.17) is 0 Å². The lowest BCUT2D eigenvalue weighted by Gasteiger charge is -2.26. The Morgan fingerprint density at radius 2 is 0.316 bits per heavy atom. The summed E-state index contributed by atoms with van der Waals surface area (Å²) in [4.78, 5) is 4.76. The molecule has 18 aromatic carbocycles. The highest BCUT2D eigenvalue weighted by Gasteiger charge is 2.22. The average molecular weight is 1450 g/mol. The quantitative estimate of drug-likeness (QED) is 0.102. The van der Waals surface area contributed by atoms with E-state index in [1.807, 2.05) is 0 Å². The fourth-order valence-corrected chi connectivity index (χ4v) is 17.8. The maximum atomic E-state index is 2.38. The monoisotopic (exact) mass is 1450 g/mol. The second-order valence-electron chi connectivity index (χ2n) is 29.6. The molecular formula is C108H72N6. The van der Waals surface area contributed by atoms with Crippen LogP contribution in [0.2, 0.25) is 0 Å². The minimum Gasteiger partial charge on any atom is -0.311 e. The van der Waals surface area contributed by atoms with E-state index in [-0.39, 0.29) is 0 Å². The van der Waals surface area contributed by atoms with E-state index in [9.17, 15) is 0 Å². The lowest BCUT2D eigenvalue weighted by atomic mass is 9.96. The summed E-state index contributed by atoms with van der Waals surface area (Å²) in [6, 6.07) is 160. The predicted molar refractivity (Wildman–Crippen MR) is 480 cm³/mol. The third-order valence-electron chi connectivity index (χ3n) is 23.2. The maximum Gasteiger partial charge on any atom is 0.0541 e. The second kappa shape index (κ2) is 27.4. The zero-order valence-electron chi connectivity index (χ0n) is 62.3. The van der Waals surface area contributed by atoms with Crippen molar-refractivity contribution >= 4 is 121 Å². The number of fused-ring (bicyclic) bond motifs is 12. The van der Waals surface area contributed by atoms with Crippen molar-refractivity contribution in [3.8, 4) is 78.4 Å². The molecule has 22 rings (SSSR count). The van der Waals surface area contributed by atoms with Crippen LogP contribution in [-0.2, 0) is 0 Å². The first-order chi connectivity index (χ1) is 56.5. The molecule has 4 aromatic heterocycles. The fraction of sp³-hybridized carbons (Fsp3) is 0. The number of aromatic nitrogens is 4. The van der Waals surface area contributed by atoms with Crippen LogP contribution in [0.5, 0.6) is 0 Å². The molecular weight excluding hydrogens is 1380 g/mol. The van der Waals surface area contributed by atoms with Gasteiger partial charge in [-0.05, 0) is 250 Å². The van der Waals surface area contributed by atoms with E-state index in [2.05, 4.69) is 465 Å². The molecule has 0 bridgehead atoms. The van der Waals surface area contributed by atoms with Gasteiger partial charge >= 0.3 is 0 Å². The van der Waals surface area contributed by atoms with Crippen LogP contribution in [0.25, 0.3) is 166 Å². The van der Waals surface area contributed by atoms with Crippen molar-refractivity contribution in [2.24, 2.45) is 0 Å². The Morgan fingerprint density at radius 1 is 0.123 bits per heavy atom. The third kappa shape index (κ3) is 11.3. The molecule has 0 unspecified atom stereocenters. The summed E-state index contributed by atoms with van der Waals surface area (Å²) in [5.41, 5.74) is 31.9. The van der Waals surface area contributed by atoms with Crippen molar-refractivity contribution in [3.63, 3.8) is 0 Å². The maximum absolute atomic E-state index is 2.38. The largest absolute Gasteiger partial charge is 0.311 e. The van der Waals surface area contributed by atoms with Gasteiger partial charge in [-0.1, -0.05) is 243 Å². The van der Waals surface area contributed by atoms with Crippen LogP contribution in [0.15, 0.2) is 437 Å². The summed E-state index contributed by atoms with van der Waals surface area (Å²) in [5.74, 6) is 0. The number of nitrogens with zero attached hydrogens (tertiary/aromatic N) is 6. The van der Waals surface area contributed by atoms with Crippen molar-refractivity contribution in [3.05, 3.63) is 437 Å². The molecule has 0 saturated carbocycles. The van der Waals surface area contributed by atoms with Gasteiger partial charge in [0.15, 0.2) is 0 Å². The molecule has 0 aliphatic carbocycles. The summed E-state index contributed by atoms with van der Waals surface area (Å²) in [7, 11) is 0. The van der Waals surface area contributed by atoms with Crippen LogP contribution < -0.4 is 9.80 Å². The van der Waals surface area contributed by atoms with Gasteiger partial charge < -0.3 is 28.1 Å². The topological polar surface area (TPSA) is 26.2 Å². The fourth-order valence-electron chi connectivity index (χ4n) is 17.8. The zero-order chi connectivity index (χ0) is 75.2. The number of hydrogen-bond donors (Lipinski definition) is 0. The summed E-state index contributed by atoms with van der Waals surface area (Å²) < 4.78 is 9.52. The van der Waals surface area contributed by atoms with Gasteiger partial charge in [0, 0.05) is 100.0 Å². The smallest absolute Gasteiger partial charge is 0.0541 e. The lowest BCUT2D eigenvalue weighted by Crippen LogP contribution is -2.10. The molecule has 6 nitrogen and oxygen atoms in total. The standard InChI is InChI=1S/C108H72N6/c1-3-25-83(26-4-1)111-105-39-17-11-33-97(105)99-71-81(49-67-107(99)111)75-45-55-87(56-46-75)109(89-59-63-91(64-60-89)113-101-35-13-7-29-93(101)94-30-8-14-36-102(94)113)85-51-41-73(42-52-85)77-21-19-23-79(69-77)80-24-20-22-78(70-80)74-43-53-86(54-44-74)110(90-61-65-92(66-62-90)114-103-37-15-9-31-95(103)96-32-10-16-38-104(96)114)88-57-47-76(48-58-88)82-50-68-108-100(72-82)98-34-12-18-40-106(98)112(108)84-27-5-2-6-28-84/h1-72H. The number of para-hydroxylation sites is 8. The van der Waals surface area contributed by atoms with Crippen LogP contribution in [0.3, 0.4) is 0 Å². The van der Waals surface area contributed by atoms with Crippen LogP contribution in [0, 0.1) is 0 Å². The van der Waals surface area contributed by atoms with Crippen LogP contribution in [-0.4, -0.2) is 18.3 Å². The number of benzene rings is 18. The highest BCUT2D eigenvalue weighted by molar-refractivity contribution is 6.13. The van der Waals surface area contributed by atoms with E-state index < -0.39 is 0 Å². The van der Waals surface area contributed by atoms with E-state index in [0.717, 1.165) is 101 Å². The Hall–Kier alpha value is -15.2. The molecule has 4 heterocycles. The molecule has 534 valence electrons. The number of hydrogen-bond acceptors (Lipinski definition) is 2. The zero-order valence-corrected chi connectivity index (χ0v) is 62.3. The summed E-state index contributed by atoms with van der Waals surface area (Å²) in [5, 5.41) is 9.92.